The van der Waals surface area contributed by atoms with Crippen molar-refractivity contribution in [3.05, 3.63) is 73.1 Å². The molecule has 1 aromatic carbocycles. The van der Waals surface area contributed by atoms with Crippen molar-refractivity contribution in [2.24, 2.45) is 0 Å². The maximum absolute atomic E-state index is 9.15. The van der Waals surface area contributed by atoms with Crippen LogP contribution in [0.3, 0.4) is 0 Å². The molecule has 6 nitrogen and oxygen atoms in total. The fourth-order valence-corrected chi connectivity index (χ4v) is 2.56. The number of anilines is 2. The second kappa shape index (κ2) is 6.34. The Kier molecular flexibility index (Phi) is 3.73. The molecule has 6 heteroatoms. The van der Waals surface area contributed by atoms with Gasteiger partial charge in [0, 0.05) is 23.3 Å². The minimum absolute atomic E-state index is 0.123. The first-order chi connectivity index (χ1) is 12.3. The van der Waals surface area contributed by atoms with Crippen molar-refractivity contribution in [3.63, 3.8) is 0 Å². The number of nitrogens with zero attached hydrogens (tertiary/aromatic N) is 5. The van der Waals surface area contributed by atoms with Crippen LogP contribution in [0.5, 0.6) is 0 Å². The SMILES string of the molecule is N#Cc1ncc(Nc2cccnc2)c(-c2ccc3ncccc3c2)n1. The zero-order valence-electron chi connectivity index (χ0n) is 13.1. The molecule has 0 fully saturated rings. The van der Waals surface area contributed by atoms with E-state index in [4.69, 9.17) is 5.26 Å². The lowest BCUT2D eigenvalue weighted by Gasteiger charge is -2.11. The van der Waals surface area contributed by atoms with Gasteiger partial charge in [-0.2, -0.15) is 5.26 Å². The Hall–Kier alpha value is -3.85. The lowest BCUT2D eigenvalue weighted by atomic mass is 10.1. The highest BCUT2D eigenvalue weighted by atomic mass is 15.0. The minimum atomic E-state index is 0.123. The molecule has 0 bridgehead atoms. The molecule has 1 N–H and O–H groups in total. The van der Waals surface area contributed by atoms with E-state index in [0.717, 1.165) is 22.2 Å². The van der Waals surface area contributed by atoms with Gasteiger partial charge in [-0.25, -0.2) is 9.97 Å². The number of hydrogen-bond acceptors (Lipinski definition) is 6. The van der Waals surface area contributed by atoms with E-state index >= 15 is 0 Å². The van der Waals surface area contributed by atoms with Gasteiger partial charge >= 0.3 is 0 Å². The molecular weight excluding hydrogens is 312 g/mol. The second-order valence-corrected chi connectivity index (χ2v) is 5.35. The number of pyridine rings is 2. The molecule has 0 radical (unpaired) electrons. The van der Waals surface area contributed by atoms with Gasteiger partial charge in [0.2, 0.25) is 5.82 Å². The van der Waals surface area contributed by atoms with Gasteiger partial charge in [-0.15, -0.1) is 0 Å². The van der Waals surface area contributed by atoms with Gasteiger partial charge in [-0.1, -0.05) is 12.1 Å². The highest BCUT2D eigenvalue weighted by molar-refractivity contribution is 5.87. The van der Waals surface area contributed by atoms with Crippen molar-refractivity contribution in [1.82, 2.24) is 19.9 Å². The van der Waals surface area contributed by atoms with Gasteiger partial charge in [0.25, 0.3) is 0 Å². The van der Waals surface area contributed by atoms with Crippen molar-refractivity contribution in [1.29, 1.82) is 5.26 Å². The third-order valence-electron chi connectivity index (χ3n) is 3.71. The predicted molar refractivity (Wildman–Crippen MR) is 95.0 cm³/mol. The van der Waals surface area contributed by atoms with Gasteiger partial charge in [-0.05, 0) is 30.3 Å². The summed E-state index contributed by atoms with van der Waals surface area (Å²) in [6.07, 6.45) is 6.79. The van der Waals surface area contributed by atoms with Crippen LogP contribution < -0.4 is 5.32 Å². The number of hydrogen-bond donors (Lipinski definition) is 1. The van der Waals surface area contributed by atoms with E-state index in [1.807, 2.05) is 48.5 Å². The summed E-state index contributed by atoms with van der Waals surface area (Å²) in [5.74, 6) is 0.123. The minimum Gasteiger partial charge on any atom is -0.351 e. The Balaban J connectivity index is 1.84. The van der Waals surface area contributed by atoms with Gasteiger partial charge in [0.1, 0.15) is 6.07 Å². The van der Waals surface area contributed by atoms with Crippen molar-refractivity contribution in [2.45, 2.75) is 0 Å². The molecule has 3 heterocycles. The average molecular weight is 324 g/mol. The smallest absolute Gasteiger partial charge is 0.232 e. The predicted octanol–water partition coefficient (Wildman–Crippen LogP) is 3.70. The number of nitriles is 1. The zero-order chi connectivity index (χ0) is 17.1. The van der Waals surface area contributed by atoms with E-state index in [1.165, 1.54) is 0 Å². The van der Waals surface area contributed by atoms with Gasteiger partial charge in [0.05, 0.1) is 35.0 Å². The Morgan fingerprint density at radius 1 is 0.960 bits per heavy atom. The summed E-state index contributed by atoms with van der Waals surface area (Å²) in [4.78, 5) is 16.9. The normalized spacial score (nSPS) is 10.4. The number of fused-ring (bicyclic) bond motifs is 1. The van der Waals surface area contributed by atoms with Gasteiger partial charge < -0.3 is 5.32 Å². The summed E-state index contributed by atoms with van der Waals surface area (Å²) in [5.41, 5.74) is 3.96. The Morgan fingerprint density at radius 3 is 2.72 bits per heavy atom. The standard InChI is InChI=1S/C19H12N6/c20-10-18-23-12-17(24-15-4-2-7-21-11-15)19(25-18)14-5-6-16-13(9-14)3-1-8-22-16/h1-9,11-12,24H. The van der Waals surface area contributed by atoms with Crippen molar-refractivity contribution >= 4 is 22.3 Å². The van der Waals surface area contributed by atoms with Crippen LogP contribution in [0.4, 0.5) is 11.4 Å². The molecule has 25 heavy (non-hydrogen) atoms. The summed E-state index contributed by atoms with van der Waals surface area (Å²) in [5, 5.41) is 13.4. The third kappa shape index (κ3) is 2.99. The zero-order valence-corrected chi connectivity index (χ0v) is 13.1. The second-order valence-electron chi connectivity index (χ2n) is 5.35. The summed E-state index contributed by atoms with van der Waals surface area (Å²) in [7, 11) is 0. The topological polar surface area (TPSA) is 87.4 Å². The lowest BCUT2D eigenvalue weighted by Crippen LogP contribution is -2.00. The third-order valence-corrected chi connectivity index (χ3v) is 3.71. The van der Waals surface area contributed by atoms with Crippen LogP contribution in [-0.2, 0) is 0 Å². The van der Waals surface area contributed by atoms with Crippen LogP contribution in [0.15, 0.2) is 67.3 Å². The lowest BCUT2D eigenvalue weighted by molar-refractivity contribution is 1.12. The van der Waals surface area contributed by atoms with E-state index < -0.39 is 0 Å². The first kappa shape index (κ1) is 14.7. The summed E-state index contributed by atoms with van der Waals surface area (Å²) in [6, 6.07) is 15.5. The van der Waals surface area contributed by atoms with E-state index in [9.17, 15) is 0 Å². The van der Waals surface area contributed by atoms with Gasteiger partial charge in [-0.3, -0.25) is 9.97 Å². The molecule has 0 aliphatic rings. The Labute approximate surface area is 143 Å². The highest BCUT2D eigenvalue weighted by Gasteiger charge is 2.11. The van der Waals surface area contributed by atoms with Crippen LogP contribution in [0.2, 0.25) is 0 Å². The monoisotopic (exact) mass is 324 g/mol. The molecule has 118 valence electrons. The summed E-state index contributed by atoms with van der Waals surface area (Å²) >= 11 is 0. The molecule has 0 atom stereocenters. The molecule has 4 rings (SSSR count). The molecule has 3 aromatic heterocycles. The molecule has 0 unspecified atom stereocenters. The number of aromatic nitrogens is 4. The van der Waals surface area contributed by atoms with Crippen LogP contribution in [0, 0.1) is 11.3 Å². The number of nitrogens with one attached hydrogen (secondary N) is 1. The fraction of sp³-hybridized carbons (Fsp3) is 0. The largest absolute Gasteiger partial charge is 0.351 e. The number of rotatable bonds is 3. The molecule has 0 aliphatic heterocycles. The summed E-state index contributed by atoms with van der Waals surface area (Å²) in [6.45, 7) is 0. The van der Waals surface area contributed by atoms with Crippen LogP contribution >= 0.6 is 0 Å². The molecule has 0 saturated heterocycles. The van der Waals surface area contributed by atoms with E-state index in [1.54, 1.807) is 24.8 Å². The first-order valence-electron chi connectivity index (χ1n) is 7.63. The van der Waals surface area contributed by atoms with Crippen molar-refractivity contribution in [2.75, 3.05) is 5.32 Å². The van der Waals surface area contributed by atoms with Crippen molar-refractivity contribution < 1.29 is 0 Å². The Morgan fingerprint density at radius 2 is 1.88 bits per heavy atom. The van der Waals surface area contributed by atoms with Crippen molar-refractivity contribution in [3.8, 4) is 17.3 Å². The van der Waals surface area contributed by atoms with E-state index in [-0.39, 0.29) is 5.82 Å². The first-order valence-corrected chi connectivity index (χ1v) is 7.63. The average Bonchev–Trinajstić information content (AvgIpc) is 2.69. The van der Waals surface area contributed by atoms with E-state index in [2.05, 4.69) is 25.3 Å². The molecule has 0 spiro atoms. The maximum Gasteiger partial charge on any atom is 0.232 e. The highest BCUT2D eigenvalue weighted by Crippen LogP contribution is 2.29. The van der Waals surface area contributed by atoms with Crippen LogP contribution in [0.25, 0.3) is 22.2 Å². The molecule has 0 amide bonds. The molecule has 0 saturated carbocycles. The molecular formula is C19H12N6. The fourth-order valence-electron chi connectivity index (χ4n) is 2.56. The molecule has 0 aliphatic carbocycles. The van der Waals surface area contributed by atoms with Gasteiger partial charge in [0.15, 0.2) is 0 Å². The van der Waals surface area contributed by atoms with E-state index in [0.29, 0.717) is 11.4 Å². The molecule has 4 aromatic rings. The summed E-state index contributed by atoms with van der Waals surface area (Å²) < 4.78 is 0. The Bertz CT molecular complexity index is 1090. The van der Waals surface area contributed by atoms with Crippen LogP contribution in [-0.4, -0.2) is 19.9 Å². The maximum atomic E-state index is 9.15. The van der Waals surface area contributed by atoms with Crippen LogP contribution in [0.1, 0.15) is 5.82 Å². The number of benzene rings is 1. The quantitative estimate of drug-likeness (QED) is 0.618.